The van der Waals surface area contributed by atoms with E-state index >= 15 is 0 Å². The molecule has 0 unspecified atom stereocenters. The molecule has 0 heterocycles. The molecule has 0 fully saturated rings. The van der Waals surface area contributed by atoms with Crippen LogP contribution in [0.25, 0.3) is 11.1 Å². The van der Waals surface area contributed by atoms with Gasteiger partial charge in [0.05, 0.1) is 11.4 Å². The Hall–Kier alpha value is -3.20. The number of carbonyl (C=O) groups excluding carboxylic acids is 3. The average molecular weight is 446 g/mol. The first-order valence-electron chi connectivity index (χ1n) is 9.92. The van der Waals surface area contributed by atoms with Gasteiger partial charge in [-0.2, -0.15) is 0 Å². The van der Waals surface area contributed by atoms with E-state index in [1.807, 2.05) is 11.6 Å². The first-order chi connectivity index (χ1) is 14.6. The van der Waals surface area contributed by atoms with E-state index < -0.39 is 21.8 Å². The van der Waals surface area contributed by atoms with Crippen molar-refractivity contribution in [3.63, 3.8) is 0 Å². The normalized spacial score (nSPS) is 11.0. The van der Waals surface area contributed by atoms with Crippen molar-refractivity contribution in [1.29, 1.82) is 0 Å². The number of rotatable bonds is 10. The van der Waals surface area contributed by atoms with Crippen LogP contribution in [0.5, 0.6) is 0 Å². The van der Waals surface area contributed by atoms with E-state index in [0.717, 1.165) is 25.3 Å². The number of nitrogens with two attached hydrogens (primary N) is 1. The number of hydrogen-bond donors (Lipinski definition) is 2. The zero-order chi connectivity index (χ0) is 23.0. The summed E-state index contributed by atoms with van der Waals surface area (Å²) in [5, 5.41) is 0. The number of sulfonamides is 1. The molecule has 0 radical (unpaired) electrons. The zero-order valence-electron chi connectivity index (χ0n) is 17.6. The topological polar surface area (TPSA) is 127 Å². The third-order valence-corrected chi connectivity index (χ3v) is 6.03. The highest BCUT2D eigenvalue weighted by Gasteiger charge is 2.20. The Morgan fingerprint density at radius 1 is 1.03 bits per heavy atom. The van der Waals surface area contributed by atoms with Gasteiger partial charge in [-0.15, -0.1) is 0 Å². The molecule has 2 aromatic rings. The first-order valence-corrected chi connectivity index (χ1v) is 11.4. The van der Waals surface area contributed by atoms with Gasteiger partial charge < -0.3 is 10.6 Å². The second kappa shape index (κ2) is 10.7. The molecule has 3 N–H and O–H groups in total. The maximum absolute atomic E-state index is 12.5. The average Bonchev–Trinajstić information content (AvgIpc) is 2.71. The van der Waals surface area contributed by atoms with Crippen molar-refractivity contribution in [2.45, 2.75) is 44.6 Å². The van der Waals surface area contributed by atoms with Crippen LogP contribution in [0.15, 0.2) is 53.4 Å². The zero-order valence-corrected chi connectivity index (χ0v) is 18.4. The molecule has 8 nitrogen and oxygen atoms in total. The predicted octanol–water partition coefficient (Wildman–Crippen LogP) is 2.18. The maximum Gasteiger partial charge on any atom is 0.264 e. The minimum atomic E-state index is -4.00. The maximum atomic E-state index is 12.5. The van der Waals surface area contributed by atoms with Crippen molar-refractivity contribution < 1.29 is 22.8 Å². The Kier molecular flexibility index (Phi) is 8.32. The molecule has 0 saturated carbocycles. The molecule has 0 bridgehead atoms. The van der Waals surface area contributed by atoms with Crippen molar-refractivity contribution in [3.05, 3.63) is 54.1 Å². The summed E-state index contributed by atoms with van der Waals surface area (Å²) in [6, 6.07) is 13.4. The molecule has 0 atom stereocenters. The van der Waals surface area contributed by atoms with Crippen molar-refractivity contribution >= 4 is 27.7 Å². The van der Waals surface area contributed by atoms with Crippen molar-refractivity contribution in [1.82, 2.24) is 9.62 Å². The molecule has 0 spiro atoms. The van der Waals surface area contributed by atoms with Crippen LogP contribution in [0, 0.1) is 0 Å². The van der Waals surface area contributed by atoms with Crippen molar-refractivity contribution in [2.24, 2.45) is 5.73 Å². The van der Waals surface area contributed by atoms with Gasteiger partial charge >= 0.3 is 0 Å². The number of hydrogen-bond acceptors (Lipinski definition) is 5. The largest absolute Gasteiger partial charge is 0.368 e. The lowest BCUT2D eigenvalue weighted by molar-refractivity contribution is -0.135. The fourth-order valence-electron chi connectivity index (χ4n) is 3.10. The minimum Gasteiger partial charge on any atom is -0.368 e. The standard InChI is InChI=1S/C22H27N3O5S/c1-3-4-9-22(28)25(15-21(23)27)14-17-10-12-18(13-11-17)19-7-5-6-8-20(19)31(29,30)24-16(2)26/h5-8,10-13H,3-4,9,14-15H2,1-2H3,(H2,23,27)(H,24,26). The quantitative estimate of drug-likeness (QED) is 0.580. The molecule has 0 aliphatic carbocycles. The highest BCUT2D eigenvalue weighted by atomic mass is 32.2. The van der Waals surface area contributed by atoms with E-state index in [9.17, 15) is 22.8 Å². The van der Waals surface area contributed by atoms with E-state index in [4.69, 9.17) is 5.73 Å². The molecule has 3 amide bonds. The monoisotopic (exact) mass is 445 g/mol. The molecule has 2 aromatic carbocycles. The third kappa shape index (κ3) is 6.92. The van der Waals surface area contributed by atoms with Gasteiger partial charge in [-0.1, -0.05) is 55.8 Å². The minimum absolute atomic E-state index is 0.0111. The van der Waals surface area contributed by atoms with Crippen LogP contribution in [0.3, 0.4) is 0 Å². The van der Waals surface area contributed by atoms with Crippen LogP contribution in [0.1, 0.15) is 38.7 Å². The third-order valence-electron chi connectivity index (χ3n) is 4.54. The van der Waals surface area contributed by atoms with Crippen LogP contribution in [-0.4, -0.2) is 37.6 Å². The number of nitrogens with one attached hydrogen (secondary N) is 1. The summed E-state index contributed by atoms with van der Waals surface area (Å²) >= 11 is 0. The second-order valence-corrected chi connectivity index (χ2v) is 8.83. The Morgan fingerprint density at radius 2 is 1.68 bits per heavy atom. The summed E-state index contributed by atoms with van der Waals surface area (Å²) < 4.78 is 27.0. The second-order valence-electron chi connectivity index (χ2n) is 7.17. The SMILES string of the molecule is CCCCC(=O)N(CC(N)=O)Cc1ccc(-c2ccccc2S(=O)(=O)NC(C)=O)cc1. The summed E-state index contributed by atoms with van der Waals surface area (Å²) in [4.78, 5) is 36.4. The van der Waals surface area contributed by atoms with E-state index in [0.29, 0.717) is 17.5 Å². The number of unbranched alkanes of at least 4 members (excludes halogenated alkanes) is 1. The molecule has 0 aliphatic heterocycles. The summed E-state index contributed by atoms with van der Waals surface area (Å²) in [5.74, 6) is -1.40. The smallest absolute Gasteiger partial charge is 0.264 e. The Balaban J connectivity index is 2.28. The number of nitrogens with zero attached hydrogens (tertiary/aromatic N) is 1. The summed E-state index contributed by atoms with van der Waals surface area (Å²) in [7, 11) is -4.00. The van der Waals surface area contributed by atoms with Crippen molar-refractivity contribution in [3.8, 4) is 11.1 Å². The molecule has 31 heavy (non-hydrogen) atoms. The number of benzene rings is 2. The lowest BCUT2D eigenvalue weighted by Crippen LogP contribution is -2.37. The molecular weight excluding hydrogens is 418 g/mol. The fourth-order valence-corrected chi connectivity index (χ4v) is 4.32. The highest BCUT2D eigenvalue weighted by Crippen LogP contribution is 2.27. The van der Waals surface area contributed by atoms with Crippen LogP contribution >= 0.6 is 0 Å². The lowest BCUT2D eigenvalue weighted by atomic mass is 10.0. The van der Waals surface area contributed by atoms with E-state index in [1.165, 1.54) is 11.0 Å². The van der Waals surface area contributed by atoms with Gasteiger partial charge in [0.25, 0.3) is 10.0 Å². The first kappa shape index (κ1) is 24.1. The summed E-state index contributed by atoms with van der Waals surface area (Å²) in [6.07, 6.45) is 1.94. The van der Waals surface area contributed by atoms with Gasteiger partial charge in [0.2, 0.25) is 17.7 Å². The predicted molar refractivity (Wildman–Crippen MR) is 117 cm³/mol. The van der Waals surface area contributed by atoms with Gasteiger partial charge in [-0.05, 0) is 23.6 Å². The van der Waals surface area contributed by atoms with Gasteiger partial charge in [0.15, 0.2) is 0 Å². The van der Waals surface area contributed by atoms with E-state index in [-0.39, 0.29) is 23.9 Å². The molecular formula is C22H27N3O5S. The van der Waals surface area contributed by atoms with Crippen LogP contribution in [0.2, 0.25) is 0 Å². The summed E-state index contributed by atoms with van der Waals surface area (Å²) in [6.45, 7) is 3.17. The lowest BCUT2D eigenvalue weighted by Gasteiger charge is -2.21. The molecule has 9 heteroatoms. The molecule has 0 saturated heterocycles. The molecule has 0 aromatic heterocycles. The van der Waals surface area contributed by atoms with Gasteiger partial charge in [-0.25, -0.2) is 13.1 Å². The highest BCUT2D eigenvalue weighted by molar-refractivity contribution is 7.90. The molecule has 2 rings (SSSR count). The Bertz CT molecular complexity index is 1050. The Labute approximate surface area is 182 Å². The molecule has 166 valence electrons. The van der Waals surface area contributed by atoms with Crippen LogP contribution in [0.4, 0.5) is 0 Å². The summed E-state index contributed by atoms with van der Waals surface area (Å²) in [5.41, 5.74) is 7.13. The van der Waals surface area contributed by atoms with Crippen molar-refractivity contribution in [2.75, 3.05) is 6.54 Å². The van der Waals surface area contributed by atoms with Gasteiger partial charge in [-0.3, -0.25) is 14.4 Å². The fraction of sp³-hybridized carbons (Fsp3) is 0.318. The van der Waals surface area contributed by atoms with Crippen LogP contribution in [-0.2, 0) is 31.0 Å². The Morgan fingerprint density at radius 3 is 2.26 bits per heavy atom. The van der Waals surface area contributed by atoms with Crippen LogP contribution < -0.4 is 10.5 Å². The number of primary amides is 1. The van der Waals surface area contributed by atoms with Gasteiger partial charge in [0, 0.05) is 25.5 Å². The van der Waals surface area contributed by atoms with E-state index in [1.54, 1.807) is 42.5 Å². The molecule has 0 aliphatic rings. The van der Waals surface area contributed by atoms with E-state index in [2.05, 4.69) is 0 Å². The number of amides is 3. The van der Waals surface area contributed by atoms with Gasteiger partial charge in [0.1, 0.15) is 0 Å². The number of carbonyl (C=O) groups is 3.